The lowest BCUT2D eigenvalue weighted by atomic mass is 9.61. The SMILES string of the molecule is CCCCOC(=O)[C@H](CC)[C@H]1CCCC[C@H]1NC(=O)[C@H](CC)[C@H]1CC[C@@](CCCC)(CCCCI)C[C@H]1NC(=O)CC1(CNC(=O)OC(C)(C)C)CCCCC1. The van der Waals surface area contributed by atoms with Crippen LogP contribution in [-0.2, 0) is 23.9 Å². The lowest BCUT2D eigenvalue weighted by Gasteiger charge is -2.48. The molecule has 324 valence electrons. The molecule has 3 saturated carbocycles. The van der Waals surface area contributed by atoms with Crippen LogP contribution in [-0.4, -0.2) is 59.1 Å². The predicted molar refractivity (Wildman–Crippen MR) is 236 cm³/mol. The summed E-state index contributed by atoms with van der Waals surface area (Å²) in [5.74, 6) is -0.314. The van der Waals surface area contributed by atoms with Crippen molar-refractivity contribution >= 4 is 46.5 Å². The van der Waals surface area contributed by atoms with E-state index in [1.54, 1.807) is 0 Å². The zero-order valence-electron chi connectivity index (χ0n) is 36.7. The smallest absolute Gasteiger partial charge is 0.407 e. The van der Waals surface area contributed by atoms with E-state index < -0.39 is 11.7 Å². The van der Waals surface area contributed by atoms with Crippen LogP contribution in [0.4, 0.5) is 4.79 Å². The molecule has 0 unspecified atom stereocenters. The molecule has 9 nitrogen and oxygen atoms in total. The minimum absolute atomic E-state index is 0.0356. The van der Waals surface area contributed by atoms with Crippen LogP contribution in [0.5, 0.6) is 0 Å². The molecular weight excluding hydrogens is 817 g/mol. The number of unbranched alkanes of at least 4 members (excludes halogenated alkanes) is 3. The summed E-state index contributed by atoms with van der Waals surface area (Å²) in [5, 5.41) is 10.2. The molecule has 0 aromatic carbocycles. The lowest BCUT2D eigenvalue weighted by molar-refractivity contribution is -0.152. The van der Waals surface area contributed by atoms with E-state index in [0.717, 1.165) is 107 Å². The van der Waals surface area contributed by atoms with Gasteiger partial charge in [0.25, 0.3) is 0 Å². The van der Waals surface area contributed by atoms with Gasteiger partial charge in [0.05, 0.1) is 12.5 Å². The summed E-state index contributed by atoms with van der Waals surface area (Å²) < 4.78 is 12.5. The second-order valence-corrected chi connectivity index (χ2v) is 20.1. The topological polar surface area (TPSA) is 123 Å². The Hall–Kier alpha value is -1.59. The predicted octanol–water partition coefficient (Wildman–Crippen LogP) is 11.0. The zero-order chi connectivity index (χ0) is 41.2. The number of carbonyl (C=O) groups is 4. The number of rotatable bonds is 22. The number of hydrogen-bond acceptors (Lipinski definition) is 6. The van der Waals surface area contributed by atoms with E-state index in [9.17, 15) is 19.2 Å². The van der Waals surface area contributed by atoms with Crippen LogP contribution in [0.25, 0.3) is 0 Å². The van der Waals surface area contributed by atoms with Crippen molar-refractivity contribution in [1.82, 2.24) is 16.0 Å². The molecule has 10 heteroatoms. The minimum atomic E-state index is -0.587. The lowest BCUT2D eigenvalue weighted by Crippen LogP contribution is -2.55. The molecule has 0 bridgehead atoms. The van der Waals surface area contributed by atoms with Gasteiger partial charge in [-0.2, -0.15) is 0 Å². The molecule has 3 N–H and O–H groups in total. The fourth-order valence-corrected chi connectivity index (χ4v) is 11.0. The van der Waals surface area contributed by atoms with E-state index in [2.05, 4.69) is 66.2 Å². The Morgan fingerprint density at radius 3 is 2.04 bits per heavy atom. The van der Waals surface area contributed by atoms with E-state index in [1.165, 1.54) is 25.7 Å². The molecule has 0 aliphatic heterocycles. The number of carbonyl (C=O) groups excluding carboxylic acids is 4. The van der Waals surface area contributed by atoms with E-state index in [-0.39, 0.29) is 64.4 Å². The third kappa shape index (κ3) is 15.5. The van der Waals surface area contributed by atoms with E-state index in [1.807, 2.05) is 20.8 Å². The van der Waals surface area contributed by atoms with Crippen LogP contribution >= 0.6 is 22.6 Å². The molecule has 3 rings (SSSR count). The molecule has 3 aliphatic carbocycles. The van der Waals surface area contributed by atoms with E-state index in [4.69, 9.17) is 9.47 Å². The standard InChI is InChI=1S/C46H82IN3O6/c1-8-12-24-45(25-19-20-29-47)28-23-37(34(10-3)41(52)50-38-22-16-15-21-36(38)35(11-4)42(53)55-30-13-9-2)39(31-45)49-40(51)32-46(26-17-14-18-27-46)33-48-43(54)56-44(5,6)7/h34-39H,8-33H2,1-7H3,(H,48,54)(H,49,51)(H,50,52)/t34-,35-,36-,37-,38-,39-,45-/m1/s1. The van der Waals surface area contributed by atoms with Gasteiger partial charge in [0.2, 0.25) is 11.8 Å². The van der Waals surface area contributed by atoms with Gasteiger partial charge in [-0.05, 0) is 131 Å². The summed E-state index contributed by atoms with van der Waals surface area (Å²) in [4.78, 5) is 55.0. The van der Waals surface area contributed by atoms with Gasteiger partial charge in [-0.15, -0.1) is 0 Å². The molecule has 56 heavy (non-hydrogen) atoms. The Balaban J connectivity index is 1.86. The van der Waals surface area contributed by atoms with Crippen LogP contribution in [0.1, 0.15) is 196 Å². The number of halogens is 1. The summed E-state index contributed by atoms with van der Waals surface area (Å²) in [6, 6.07) is -0.145. The molecule has 7 atom stereocenters. The number of hydrogen-bond donors (Lipinski definition) is 3. The Bertz CT molecular complexity index is 1200. The first-order valence-electron chi connectivity index (χ1n) is 23.0. The van der Waals surface area contributed by atoms with Crippen LogP contribution in [0.3, 0.4) is 0 Å². The number of nitrogens with one attached hydrogen (secondary N) is 3. The maximum atomic E-state index is 14.6. The van der Waals surface area contributed by atoms with E-state index >= 15 is 0 Å². The second-order valence-electron chi connectivity index (χ2n) is 19.0. The highest BCUT2D eigenvalue weighted by Gasteiger charge is 2.46. The summed E-state index contributed by atoms with van der Waals surface area (Å²) in [6.07, 6.45) is 22.1. The Morgan fingerprint density at radius 1 is 0.732 bits per heavy atom. The Morgan fingerprint density at radius 2 is 1.39 bits per heavy atom. The molecular formula is C46H82IN3O6. The van der Waals surface area contributed by atoms with Gasteiger partial charge >= 0.3 is 12.1 Å². The first-order chi connectivity index (χ1) is 26.7. The van der Waals surface area contributed by atoms with Crippen molar-refractivity contribution in [2.24, 2.45) is 34.5 Å². The summed E-state index contributed by atoms with van der Waals surface area (Å²) in [5.41, 5.74) is -0.739. The maximum absolute atomic E-state index is 14.6. The van der Waals surface area contributed by atoms with Crippen molar-refractivity contribution in [3.05, 3.63) is 0 Å². The Kier molecular flexibility index (Phi) is 21.3. The number of ether oxygens (including phenoxy) is 2. The van der Waals surface area contributed by atoms with Crippen LogP contribution in [0.15, 0.2) is 0 Å². The molecule has 0 aromatic rings. The fourth-order valence-electron chi connectivity index (χ4n) is 10.5. The first kappa shape index (κ1) is 48.8. The molecule has 3 aliphatic rings. The molecule has 3 fully saturated rings. The summed E-state index contributed by atoms with van der Waals surface area (Å²) in [7, 11) is 0. The molecule has 3 amide bonds. The van der Waals surface area contributed by atoms with Crippen molar-refractivity contribution in [2.75, 3.05) is 17.6 Å². The van der Waals surface area contributed by atoms with Crippen molar-refractivity contribution in [1.29, 1.82) is 0 Å². The van der Waals surface area contributed by atoms with Gasteiger partial charge in [-0.25, -0.2) is 4.79 Å². The summed E-state index contributed by atoms with van der Waals surface area (Å²) in [6.45, 7) is 15.0. The molecule has 0 radical (unpaired) electrons. The van der Waals surface area contributed by atoms with E-state index in [0.29, 0.717) is 32.4 Å². The van der Waals surface area contributed by atoms with Gasteiger partial charge in [-0.1, -0.05) is 108 Å². The van der Waals surface area contributed by atoms with Crippen LogP contribution < -0.4 is 16.0 Å². The third-order valence-electron chi connectivity index (χ3n) is 13.6. The van der Waals surface area contributed by atoms with Gasteiger partial charge in [0.15, 0.2) is 0 Å². The quantitative estimate of drug-likeness (QED) is 0.0430. The Labute approximate surface area is 355 Å². The third-order valence-corrected chi connectivity index (χ3v) is 14.3. The highest BCUT2D eigenvalue weighted by atomic mass is 127. The number of esters is 1. The van der Waals surface area contributed by atoms with Gasteiger partial charge in [-0.3, -0.25) is 14.4 Å². The summed E-state index contributed by atoms with van der Waals surface area (Å²) >= 11 is 2.48. The normalized spacial score (nSPS) is 26.4. The molecule has 0 saturated heterocycles. The largest absolute Gasteiger partial charge is 0.465 e. The van der Waals surface area contributed by atoms with Crippen molar-refractivity contribution in [3.8, 4) is 0 Å². The minimum Gasteiger partial charge on any atom is -0.465 e. The van der Waals surface area contributed by atoms with Gasteiger partial charge in [0, 0.05) is 31.0 Å². The molecule has 0 spiro atoms. The van der Waals surface area contributed by atoms with Gasteiger partial charge in [0.1, 0.15) is 5.60 Å². The second kappa shape index (κ2) is 24.5. The average Bonchev–Trinajstić information content (AvgIpc) is 3.15. The van der Waals surface area contributed by atoms with Crippen LogP contribution in [0.2, 0.25) is 0 Å². The molecule has 0 aromatic heterocycles. The average molecular weight is 900 g/mol. The highest BCUT2D eigenvalue weighted by Crippen LogP contribution is 2.49. The van der Waals surface area contributed by atoms with Gasteiger partial charge < -0.3 is 25.4 Å². The first-order valence-corrected chi connectivity index (χ1v) is 24.6. The zero-order valence-corrected chi connectivity index (χ0v) is 38.8. The number of alkyl halides is 1. The fraction of sp³-hybridized carbons (Fsp3) is 0.913. The van der Waals surface area contributed by atoms with Crippen molar-refractivity contribution < 1.29 is 28.7 Å². The van der Waals surface area contributed by atoms with Crippen LogP contribution in [0, 0.1) is 34.5 Å². The van der Waals surface area contributed by atoms with Crippen molar-refractivity contribution in [2.45, 2.75) is 214 Å². The number of alkyl carbamates (subject to hydrolysis) is 1. The van der Waals surface area contributed by atoms with Crippen molar-refractivity contribution in [3.63, 3.8) is 0 Å². The number of amides is 3. The monoisotopic (exact) mass is 900 g/mol. The molecule has 0 heterocycles. The maximum Gasteiger partial charge on any atom is 0.407 e. The highest BCUT2D eigenvalue weighted by molar-refractivity contribution is 14.1.